The number of carbonyl (C=O) groups is 2. The minimum absolute atomic E-state index is 0.103. The molecule has 31 heavy (non-hydrogen) atoms. The summed E-state index contributed by atoms with van der Waals surface area (Å²) in [5.41, 5.74) is 2.46. The van der Waals surface area contributed by atoms with E-state index in [1.165, 1.54) is 12.6 Å². The largest absolute Gasteiger partial charge is 0.495 e. The zero-order chi connectivity index (χ0) is 22.1. The number of piperazine rings is 1. The Balaban J connectivity index is 1.36. The number of nitrogens with one attached hydrogen (secondary N) is 1. The molecule has 0 spiro atoms. The van der Waals surface area contributed by atoms with E-state index in [2.05, 4.69) is 45.4 Å². The lowest BCUT2D eigenvalue weighted by Crippen LogP contribution is -2.46. The third kappa shape index (κ3) is 6.82. The molecule has 3 rings (SSSR count). The fourth-order valence-electron chi connectivity index (χ4n) is 3.98. The molecular weight excluding hydrogens is 390 g/mol. The van der Waals surface area contributed by atoms with Crippen LogP contribution >= 0.6 is 0 Å². The Morgan fingerprint density at radius 3 is 2.39 bits per heavy atom. The average Bonchev–Trinajstić information content (AvgIpc) is 2.79. The van der Waals surface area contributed by atoms with E-state index in [-0.39, 0.29) is 11.7 Å². The van der Waals surface area contributed by atoms with Crippen LogP contribution in [-0.4, -0.2) is 56.4 Å². The summed E-state index contributed by atoms with van der Waals surface area (Å²) >= 11 is 0. The minimum atomic E-state index is -0.187. The summed E-state index contributed by atoms with van der Waals surface area (Å²) in [4.78, 5) is 28.9. The van der Waals surface area contributed by atoms with E-state index in [1.807, 2.05) is 0 Å². The first-order chi connectivity index (χ1) is 15.1. The molecule has 1 amide bonds. The second-order valence-corrected chi connectivity index (χ2v) is 7.99. The molecule has 0 unspecified atom stereocenters. The van der Waals surface area contributed by atoms with Gasteiger partial charge in [-0.05, 0) is 49.7 Å². The molecule has 1 aliphatic rings. The van der Waals surface area contributed by atoms with Gasteiger partial charge in [0.1, 0.15) is 5.75 Å². The van der Waals surface area contributed by atoms with Crippen LogP contribution in [0.25, 0.3) is 0 Å². The van der Waals surface area contributed by atoms with Crippen LogP contribution in [-0.2, 0) is 4.79 Å². The maximum absolute atomic E-state index is 12.5. The lowest BCUT2D eigenvalue weighted by atomic mass is 10.0. The summed E-state index contributed by atoms with van der Waals surface area (Å²) in [6.07, 6.45) is 3.55. The predicted molar refractivity (Wildman–Crippen MR) is 125 cm³/mol. The van der Waals surface area contributed by atoms with E-state index in [0.717, 1.165) is 52.0 Å². The summed E-state index contributed by atoms with van der Waals surface area (Å²) in [6, 6.07) is 15.8. The van der Waals surface area contributed by atoms with Crippen LogP contribution in [0.15, 0.2) is 48.5 Å². The Kier molecular flexibility index (Phi) is 8.47. The van der Waals surface area contributed by atoms with Gasteiger partial charge in [0.25, 0.3) is 0 Å². The van der Waals surface area contributed by atoms with Gasteiger partial charge in [0.05, 0.1) is 12.8 Å². The maximum atomic E-state index is 12.5. The molecule has 0 aliphatic carbocycles. The van der Waals surface area contributed by atoms with Crippen LogP contribution < -0.4 is 15.0 Å². The van der Waals surface area contributed by atoms with Gasteiger partial charge in [0, 0.05) is 50.8 Å². The van der Waals surface area contributed by atoms with Gasteiger partial charge in [-0.15, -0.1) is 0 Å². The van der Waals surface area contributed by atoms with Gasteiger partial charge in [-0.1, -0.05) is 24.6 Å². The number of nitrogens with zero attached hydrogens (tertiary/aromatic N) is 2. The van der Waals surface area contributed by atoms with Crippen molar-refractivity contribution in [1.29, 1.82) is 0 Å². The number of methoxy groups -OCH3 is 1. The van der Waals surface area contributed by atoms with Crippen LogP contribution in [0.2, 0.25) is 0 Å². The number of carbonyl (C=O) groups excluding carboxylic acids is 2. The Morgan fingerprint density at radius 2 is 1.71 bits per heavy atom. The van der Waals surface area contributed by atoms with E-state index in [9.17, 15) is 9.59 Å². The number of hydrogen-bond acceptors (Lipinski definition) is 5. The van der Waals surface area contributed by atoms with Gasteiger partial charge >= 0.3 is 0 Å². The third-order valence-electron chi connectivity index (χ3n) is 5.70. The SMILES string of the molecule is COc1ccc(C(=O)CCCCCN2CCN(c3ccccc3)CC2)cc1NC(C)=O. The molecule has 2 aromatic rings. The number of rotatable bonds is 10. The summed E-state index contributed by atoms with van der Waals surface area (Å²) in [5, 5.41) is 2.72. The molecule has 2 aromatic carbocycles. The molecule has 1 saturated heterocycles. The molecule has 0 aromatic heterocycles. The van der Waals surface area contributed by atoms with Crippen LogP contribution in [0.1, 0.15) is 43.0 Å². The lowest BCUT2D eigenvalue weighted by molar-refractivity contribution is -0.114. The molecule has 0 bridgehead atoms. The van der Waals surface area contributed by atoms with Crippen molar-refractivity contribution in [3.8, 4) is 5.75 Å². The summed E-state index contributed by atoms with van der Waals surface area (Å²) < 4.78 is 5.25. The Bertz CT molecular complexity index is 862. The number of ether oxygens (including phenoxy) is 1. The Morgan fingerprint density at radius 1 is 0.968 bits per heavy atom. The number of ketones is 1. The van der Waals surface area contributed by atoms with Crippen LogP contribution in [0.5, 0.6) is 5.75 Å². The smallest absolute Gasteiger partial charge is 0.221 e. The van der Waals surface area contributed by atoms with Crippen molar-refractivity contribution in [3.05, 3.63) is 54.1 Å². The van der Waals surface area contributed by atoms with Gasteiger partial charge in [-0.25, -0.2) is 0 Å². The highest BCUT2D eigenvalue weighted by Gasteiger charge is 2.16. The van der Waals surface area contributed by atoms with E-state index in [1.54, 1.807) is 25.3 Å². The van der Waals surface area contributed by atoms with Gasteiger partial charge in [0.15, 0.2) is 5.78 Å². The minimum Gasteiger partial charge on any atom is -0.495 e. The van der Waals surface area contributed by atoms with Crippen molar-refractivity contribution in [2.75, 3.05) is 50.1 Å². The molecule has 0 saturated carbocycles. The number of hydrogen-bond donors (Lipinski definition) is 1. The molecule has 0 atom stereocenters. The fraction of sp³-hybridized carbons (Fsp3) is 0.440. The van der Waals surface area contributed by atoms with E-state index in [4.69, 9.17) is 4.74 Å². The van der Waals surface area contributed by atoms with Crippen LogP contribution in [0.4, 0.5) is 11.4 Å². The lowest BCUT2D eigenvalue weighted by Gasteiger charge is -2.36. The topological polar surface area (TPSA) is 61.9 Å². The van der Waals surface area contributed by atoms with Crippen molar-refractivity contribution >= 4 is 23.1 Å². The first-order valence-corrected chi connectivity index (χ1v) is 11.1. The molecule has 1 fully saturated rings. The van der Waals surface area contributed by atoms with Gasteiger partial charge in [-0.2, -0.15) is 0 Å². The second-order valence-electron chi connectivity index (χ2n) is 7.99. The first-order valence-electron chi connectivity index (χ1n) is 11.1. The Labute approximate surface area is 185 Å². The number of Topliss-reactive ketones (excluding diaryl/α,β-unsaturated/α-hetero) is 1. The van der Waals surface area contributed by atoms with Gasteiger partial charge in [0.2, 0.25) is 5.91 Å². The highest BCUT2D eigenvalue weighted by Crippen LogP contribution is 2.26. The van der Waals surface area contributed by atoms with E-state index in [0.29, 0.717) is 23.4 Å². The zero-order valence-electron chi connectivity index (χ0n) is 18.6. The van der Waals surface area contributed by atoms with Gasteiger partial charge in [-0.3, -0.25) is 14.5 Å². The quantitative estimate of drug-likeness (QED) is 0.458. The molecule has 6 nitrogen and oxygen atoms in total. The number of benzene rings is 2. The second kappa shape index (κ2) is 11.5. The van der Waals surface area contributed by atoms with E-state index < -0.39 is 0 Å². The van der Waals surface area contributed by atoms with Crippen molar-refractivity contribution < 1.29 is 14.3 Å². The summed E-state index contributed by atoms with van der Waals surface area (Å²) in [5.74, 6) is 0.470. The molecule has 1 aliphatic heterocycles. The van der Waals surface area contributed by atoms with Gasteiger partial charge < -0.3 is 15.0 Å². The highest BCUT2D eigenvalue weighted by molar-refractivity contribution is 5.99. The third-order valence-corrected chi connectivity index (χ3v) is 5.70. The van der Waals surface area contributed by atoms with Crippen molar-refractivity contribution in [1.82, 2.24) is 4.90 Å². The number of para-hydroxylation sites is 1. The number of amides is 1. The molecular formula is C25H33N3O3. The highest BCUT2D eigenvalue weighted by atomic mass is 16.5. The monoisotopic (exact) mass is 423 g/mol. The van der Waals surface area contributed by atoms with Crippen LogP contribution in [0.3, 0.4) is 0 Å². The molecule has 0 radical (unpaired) electrons. The molecule has 166 valence electrons. The summed E-state index contributed by atoms with van der Waals surface area (Å²) in [6.45, 7) is 6.84. The van der Waals surface area contributed by atoms with E-state index >= 15 is 0 Å². The summed E-state index contributed by atoms with van der Waals surface area (Å²) in [7, 11) is 1.55. The standard InChI is InChI=1S/C25H33N3O3/c1-20(29)26-23-19-21(12-13-25(23)31-2)24(30)11-7-4-8-14-27-15-17-28(18-16-27)22-9-5-3-6-10-22/h3,5-6,9-10,12-13,19H,4,7-8,11,14-18H2,1-2H3,(H,26,29). The van der Waals surface area contributed by atoms with Crippen LogP contribution in [0, 0.1) is 0 Å². The molecule has 1 heterocycles. The molecule has 1 N–H and O–H groups in total. The number of unbranched alkanes of at least 4 members (excludes halogenated alkanes) is 2. The number of anilines is 2. The van der Waals surface area contributed by atoms with Crippen molar-refractivity contribution in [3.63, 3.8) is 0 Å². The van der Waals surface area contributed by atoms with Crippen molar-refractivity contribution in [2.24, 2.45) is 0 Å². The van der Waals surface area contributed by atoms with Crippen molar-refractivity contribution in [2.45, 2.75) is 32.6 Å². The maximum Gasteiger partial charge on any atom is 0.221 e. The predicted octanol–water partition coefficient (Wildman–Crippen LogP) is 4.22. The average molecular weight is 424 g/mol. The fourth-order valence-corrected chi connectivity index (χ4v) is 3.98. The Hall–Kier alpha value is -2.86. The molecule has 6 heteroatoms. The normalized spacial score (nSPS) is 14.3. The zero-order valence-corrected chi connectivity index (χ0v) is 18.6. The first kappa shape index (κ1) is 22.8.